The number of fused-ring (bicyclic) bond motifs is 4. The zero-order valence-corrected chi connectivity index (χ0v) is 32.4. The van der Waals surface area contributed by atoms with E-state index in [9.17, 15) is 0 Å². The topological polar surface area (TPSA) is 3.24 Å². The Balaban J connectivity index is 1.05. The fraction of sp³-hybridized carbons (Fsp3) is 0.0714. The first kappa shape index (κ1) is 34.5. The molecule has 0 aliphatic heterocycles. The third kappa shape index (κ3) is 6.32. The number of anilines is 3. The summed E-state index contributed by atoms with van der Waals surface area (Å²) in [6.45, 7) is 4.44. The summed E-state index contributed by atoms with van der Waals surface area (Å²) in [5, 5.41) is 5.22. The van der Waals surface area contributed by atoms with Crippen molar-refractivity contribution in [3.05, 3.63) is 216 Å². The fourth-order valence-electron chi connectivity index (χ4n) is 8.94. The summed E-state index contributed by atoms with van der Waals surface area (Å²) < 4.78 is 0. The highest BCUT2D eigenvalue weighted by molar-refractivity contribution is 6.01. The van der Waals surface area contributed by atoms with Gasteiger partial charge >= 0.3 is 0 Å². The smallest absolute Gasteiger partial charge is 0.0542 e. The number of allylic oxidation sites excluding steroid dienone is 1. The Bertz CT molecular complexity index is 2940. The van der Waals surface area contributed by atoms with E-state index >= 15 is 0 Å². The third-order valence-electron chi connectivity index (χ3n) is 11.9. The molecule has 9 aromatic rings. The first-order chi connectivity index (χ1) is 28.1. The molecule has 272 valence electrons. The molecule has 0 saturated heterocycles. The van der Waals surface area contributed by atoms with Gasteiger partial charge < -0.3 is 4.90 Å². The Hall–Kier alpha value is -6.96. The number of hydrogen-bond donors (Lipinski definition) is 0. The van der Waals surface area contributed by atoms with Gasteiger partial charge in [0.15, 0.2) is 0 Å². The number of hydrogen-bond acceptors (Lipinski definition) is 1. The highest BCUT2D eigenvalue weighted by Gasteiger charge is 2.20. The summed E-state index contributed by atoms with van der Waals surface area (Å²) in [5.41, 5.74) is 18.6. The second kappa shape index (κ2) is 14.6. The van der Waals surface area contributed by atoms with Gasteiger partial charge in [0.05, 0.1) is 5.69 Å². The van der Waals surface area contributed by atoms with Crippen LogP contribution in [0.25, 0.3) is 72.1 Å². The standard InChI is InChI=1S/C56H43N/c1-38-12-3-6-17-48(38)56-39(2)13-9-23-55(56)57(47-35-30-45(31-36-47)52-21-11-22-53-51-19-8-5-15-43(51)32-37-54(52)53)46-33-28-41(29-34-46)40-24-26-44(27-25-40)50-20-10-16-42-14-4-7-18-49(42)50/h3-7,9-18,20-37H,8,19H2,1-2H3. The molecule has 0 aromatic heterocycles. The number of aryl methyl sites for hydroxylation is 3. The predicted molar refractivity (Wildman–Crippen MR) is 245 cm³/mol. The van der Waals surface area contributed by atoms with Crippen LogP contribution < -0.4 is 4.90 Å². The molecule has 1 aliphatic rings. The number of nitrogens with zero attached hydrogens (tertiary/aromatic N) is 1. The Labute approximate surface area is 335 Å². The Morgan fingerprint density at radius 2 is 0.947 bits per heavy atom. The molecule has 0 saturated carbocycles. The van der Waals surface area contributed by atoms with Gasteiger partial charge in [0.2, 0.25) is 0 Å². The molecule has 0 atom stereocenters. The van der Waals surface area contributed by atoms with Crippen LogP contribution in [-0.4, -0.2) is 0 Å². The van der Waals surface area contributed by atoms with Crippen LogP contribution in [0.2, 0.25) is 0 Å². The molecule has 1 heteroatoms. The number of benzene rings is 9. The van der Waals surface area contributed by atoms with Crippen molar-refractivity contribution in [1.29, 1.82) is 0 Å². The first-order valence-electron chi connectivity index (χ1n) is 20.1. The summed E-state index contributed by atoms with van der Waals surface area (Å²) in [5.74, 6) is 0. The predicted octanol–water partition coefficient (Wildman–Crippen LogP) is 15.7. The van der Waals surface area contributed by atoms with E-state index in [-0.39, 0.29) is 0 Å². The van der Waals surface area contributed by atoms with Crippen molar-refractivity contribution in [2.75, 3.05) is 4.90 Å². The van der Waals surface area contributed by atoms with Gasteiger partial charge in [-0.2, -0.15) is 0 Å². The second-order valence-electron chi connectivity index (χ2n) is 15.3. The molecule has 0 amide bonds. The van der Waals surface area contributed by atoms with Crippen molar-refractivity contribution < 1.29 is 0 Å². The van der Waals surface area contributed by atoms with Crippen molar-refractivity contribution in [3.63, 3.8) is 0 Å². The maximum Gasteiger partial charge on any atom is 0.0542 e. The van der Waals surface area contributed by atoms with E-state index in [1.807, 2.05) is 0 Å². The fourth-order valence-corrected chi connectivity index (χ4v) is 8.94. The molecular weight excluding hydrogens is 687 g/mol. The molecular formula is C56H43N. The molecule has 0 heterocycles. The van der Waals surface area contributed by atoms with E-state index in [0.717, 1.165) is 29.9 Å². The zero-order valence-electron chi connectivity index (χ0n) is 32.4. The summed E-state index contributed by atoms with van der Waals surface area (Å²) in [6, 6.07) is 69.2. The van der Waals surface area contributed by atoms with Crippen LogP contribution in [-0.2, 0) is 6.42 Å². The van der Waals surface area contributed by atoms with Crippen molar-refractivity contribution in [2.24, 2.45) is 0 Å². The molecule has 9 aromatic carbocycles. The normalized spacial score (nSPS) is 12.2. The Morgan fingerprint density at radius 3 is 1.70 bits per heavy atom. The van der Waals surface area contributed by atoms with Gasteiger partial charge in [-0.25, -0.2) is 0 Å². The highest BCUT2D eigenvalue weighted by atomic mass is 15.1. The Kier molecular flexibility index (Phi) is 8.84. The van der Waals surface area contributed by atoms with Crippen LogP contribution in [0.15, 0.2) is 194 Å². The lowest BCUT2D eigenvalue weighted by Crippen LogP contribution is -2.12. The molecule has 0 N–H and O–H groups in total. The van der Waals surface area contributed by atoms with Gasteiger partial charge in [-0.05, 0) is 140 Å². The Morgan fingerprint density at radius 1 is 0.404 bits per heavy atom. The second-order valence-corrected chi connectivity index (χ2v) is 15.3. The molecule has 0 radical (unpaired) electrons. The van der Waals surface area contributed by atoms with Crippen LogP contribution in [0.5, 0.6) is 0 Å². The minimum Gasteiger partial charge on any atom is -0.310 e. The van der Waals surface area contributed by atoms with Crippen LogP contribution in [0.1, 0.15) is 28.7 Å². The van der Waals surface area contributed by atoms with E-state index in [1.165, 1.54) is 88.3 Å². The van der Waals surface area contributed by atoms with Gasteiger partial charge in [0.25, 0.3) is 0 Å². The van der Waals surface area contributed by atoms with Crippen molar-refractivity contribution in [3.8, 4) is 44.5 Å². The molecule has 0 bridgehead atoms. The summed E-state index contributed by atoms with van der Waals surface area (Å²) in [4.78, 5) is 2.43. The molecule has 1 aliphatic carbocycles. The van der Waals surface area contributed by atoms with E-state index in [2.05, 4.69) is 219 Å². The third-order valence-corrected chi connectivity index (χ3v) is 11.9. The van der Waals surface area contributed by atoms with Crippen LogP contribution in [0.3, 0.4) is 0 Å². The van der Waals surface area contributed by atoms with Gasteiger partial charge in [-0.3, -0.25) is 0 Å². The van der Waals surface area contributed by atoms with Crippen LogP contribution >= 0.6 is 0 Å². The summed E-state index contributed by atoms with van der Waals surface area (Å²) in [6.07, 6.45) is 6.76. The van der Waals surface area contributed by atoms with Gasteiger partial charge in [-0.15, -0.1) is 0 Å². The molecule has 0 unspecified atom stereocenters. The van der Waals surface area contributed by atoms with E-state index in [0.29, 0.717) is 0 Å². The lowest BCUT2D eigenvalue weighted by atomic mass is 9.89. The van der Waals surface area contributed by atoms with E-state index in [1.54, 1.807) is 0 Å². The lowest BCUT2D eigenvalue weighted by Gasteiger charge is -2.29. The molecule has 0 spiro atoms. The van der Waals surface area contributed by atoms with Crippen LogP contribution in [0, 0.1) is 13.8 Å². The van der Waals surface area contributed by atoms with Gasteiger partial charge in [-0.1, -0.05) is 170 Å². The van der Waals surface area contributed by atoms with Crippen LogP contribution in [0.4, 0.5) is 17.1 Å². The highest BCUT2D eigenvalue weighted by Crippen LogP contribution is 2.44. The minimum atomic E-state index is 1.09. The van der Waals surface area contributed by atoms with Gasteiger partial charge in [0, 0.05) is 16.9 Å². The molecule has 57 heavy (non-hydrogen) atoms. The molecule has 1 nitrogen and oxygen atoms in total. The quantitative estimate of drug-likeness (QED) is 0.158. The first-order valence-corrected chi connectivity index (χ1v) is 20.1. The maximum absolute atomic E-state index is 2.43. The summed E-state index contributed by atoms with van der Waals surface area (Å²) in [7, 11) is 0. The summed E-state index contributed by atoms with van der Waals surface area (Å²) >= 11 is 0. The van der Waals surface area contributed by atoms with Gasteiger partial charge in [0.1, 0.15) is 0 Å². The van der Waals surface area contributed by atoms with E-state index < -0.39 is 0 Å². The zero-order chi connectivity index (χ0) is 38.3. The van der Waals surface area contributed by atoms with E-state index in [4.69, 9.17) is 0 Å². The van der Waals surface area contributed by atoms with Crippen molar-refractivity contribution in [2.45, 2.75) is 26.7 Å². The average Bonchev–Trinajstić information content (AvgIpc) is 3.27. The molecule has 0 fully saturated rings. The van der Waals surface area contributed by atoms with Crippen molar-refractivity contribution in [1.82, 2.24) is 0 Å². The molecule has 10 rings (SSSR count). The maximum atomic E-state index is 2.43. The minimum absolute atomic E-state index is 1.09. The number of rotatable bonds is 7. The monoisotopic (exact) mass is 729 g/mol. The average molecular weight is 730 g/mol. The largest absolute Gasteiger partial charge is 0.310 e. The lowest BCUT2D eigenvalue weighted by molar-refractivity contribution is 0.997. The SMILES string of the molecule is Cc1ccccc1-c1c(C)cccc1N(c1ccc(-c2ccc(-c3cccc4ccccc34)cc2)cc1)c1ccc(-c2cccc3c4c(ccc23)C=CCC4)cc1. The van der Waals surface area contributed by atoms with Crippen molar-refractivity contribution >= 4 is 44.7 Å².